The third kappa shape index (κ3) is 3.16. The summed E-state index contributed by atoms with van der Waals surface area (Å²) in [6, 6.07) is 7.63. The Kier molecular flexibility index (Phi) is 4.26. The summed E-state index contributed by atoms with van der Waals surface area (Å²) in [7, 11) is 0. The third-order valence-electron chi connectivity index (χ3n) is 5.14. The summed E-state index contributed by atoms with van der Waals surface area (Å²) in [4.78, 5) is 28.8. The molecular weight excluding hydrogens is 316 g/mol. The van der Waals surface area contributed by atoms with E-state index in [1.807, 2.05) is 29.2 Å². The van der Waals surface area contributed by atoms with Gasteiger partial charge in [-0.05, 0) is 24.8 Å². The Hall–Kier alpha value is -2.63. The minimum Gasteiger partial charge on any atom is -0.339 e. The molecule has 130 valence electrons. The zero-order chi connectivity index (χ0) is 17.2. The van der Waals surface area contributed by atoms with E-state index in [-0.39, 0.29) is 11.8 Å². The minimum atomic E-state index is -0.0664. The number of aromatic amines is 1. The molecule has 1 N–H and O–H groups in total. The molecule has 1 aromatic carbocycles. The van der Waals surface area contributed by atoms with Gasteiger partial charge in [-0.25, -0.2) is 0 Å². The third-order valence-corrected chi connectivity index (χ3v) is 5.14. The largest absolute Gasteiger partial charge is 0.339 e. The first-order valence-electron chi connectivity index (χ1n) is 8.89. The van der Waals surface area contributed by atoms with E-state index in [2.05, 4.69) is 22.3 Å². The maximum Gasteiger partial charge on any atom is 0.275 e. The standard InChI is InChI=1S/C19H22N4O2/c24-17(13-14-5-1-2-6-14)22-9-11-23(12-10-22)19(25)18-15-7-3-4-8-16(15)20-21-18/h1,3-5,7-8,14H,2,6,9-13H2,(H,20,21)/t14-/m1/s1. The number of para-hydroxylation sites is 1. The maximum atomic E-state index is 12.8. The summed E-state index contributed by atoms with van der Waals surface area (Å²) >= 11 is 0. The molecule has 2 aliphatic rings. The van der Waals surface area contributed by atoms with E-state index in [0.717, 1.165) is 23.7 Å². The molecule has 0 saturated carbocycles. The summed E-state index contributed by atoms with van der Waals surface area (Å²) < 4.78 is 0. The lowest BCUT2D eigenvalue weighted by Gasteiger charge is -2.35. The van der Waals surface area contributed by atoms with Crippen LogP contribution in [-0.2, 0) is 4.79 Å². The van der Waals surface area contributed by atoms with Crippen molar-refractivity contribution in [2.75, 3.05) is 26.2 Å². The number of piperazine rings is 1. The lowest BCUT2D eigenvalue weighted by Crippen LogP contribution is -2.50. The Labute approximate surface area is 146 Å². The Morgan fingerprint density at radius 1 is 1.12 bits per heavy atom. The highest BCUT2D eigenvalue weighted by Crippen LogP contribution is 2.22. The van der Waals surface area contributed by atoms with Crippen molar-refractivity contribution in [2.45, 2.75) is 19.3 Å². The van der Waals surface area contributed by atoms with E-state index in [4.69, 9.17) is 0 Å². The quantitative estimate of drug-likeness (QED) is 0.872. The van der Waals surface area contributed by atoms with Gasteiger partial charge in [0.25, 0.3) is 5.91 Å². The van der Waals surface area contributed by atoms with Crippen LogP contribution in [0.1, 0.15) is 29.8 Å². The molecule has 6 heteroatoms. The summed E-state index contributed by atoms with van der Waals surface area (Å²) in [6.07, 6.45) is 7.06. The van der Waals surface area contributed by atoms with Crippen LogP contribution in [0.4, 0.5) is 0 Å². The lowest BCUT2D eigenvalue weighted by atomic mass is 10.0. The van der Waals surface area contributed by atoms with Crippen molar-refractivity contribution in [3.05, 3.63) is 42.1 Å². The highest BCUT2D eigenvalue weighted by Gasteiger charge is 2.28. The number of benzene rings is 1. The van der Waals surface area contributed by atoms with Crippen LogP contribution in [0.5, 0.6) is 0 Å². The van der Waals surface area contributed by atoms with Crippen LogP contribution in [0.15, 0.2) is 36.4 Å². The Morgan fingerprint density at radius 3 is 2.64 bits per heavy atom. The molecule has 0 radical (unpaired) electrons. The molecule has 2 amide bonds. The predicted octanol–water partition coefficient (Wildman–Crippen LogP) is 2.20. The molecule has 1 saturated heterocycles. The highest BCUT2D eigenvalue weighted by molar-refractivity contribution is 6.04. The van der Waals surface area contributed by atoms with Crippen molar-refractivity contribution in [1.29, 1.82) is 0 Å². The van der Waals surface area contributed by atoms with Gasteiger partial charge in [0.2, 0.25) is 5.91 Å². The molecular formula is C19H22N4O2. The fourth-order valence-corrected chi connectivity index (χ4v) is 3.65. The van der Waals surface area contributed by atoms with Gasteiger partial charge < -0.3 is 9.80 Å². The van der Waals surface area contributed by atoms with Crippen LogP contribution in [-0.4, -0.2) is 58.0 Å². The van der Waals surface area contributed by atoms with Crippen LogP contribution in [0, 0.1) is 5.92 Å². The molecule has 1 aromatic heterocycles. The van der Waals surface area contributed by atoms with E-state index in [1.165, 1.54) is 0 Å². The number of amides is 2. The number of hydrogen-bond acceptors (Lipinski definition) is 3. The Morgan fingerprint density at radius 2 is 1.88 bits per heavy atom. The molecule has 1 fully saturated rings. The van der Waals surface area contributed by atoms with Crippen LogP contribution >= 0.6 is 0 Å². The van der Waals surface area contributed by atoms with Gasteiger partial charge in [0.15, 0.2) is 5.69 Å². The highest BCUT2D eigenvalue weighted by atomic mass is 16.2. The monoisotopic (exact) mass is 338 g/mol. The van der Waals surface area contributed by atoms with Gasteiger partial charge in [-0.15, -0.1) is 0 Å². The molecule has 1 aliphatic carbocycles. The number of rotatable bonds is 3. The van der Waals surface area contributed by atoms with Gasteiger partial charge in [0, 0.05) is 38.0 Å². The molecule has 0 unspecified atom stereocenters. The van der Waals surface area contributed by atoms with E-state index >= 15 is 0 Å². The average molecular weight is 338 g/mol. The van der Waals surface area contributed by atoms with Gasteiger partial charge in [-0.3, -0.25) is 14.7 Å². The van der Waals surface area contributed by atoms with E-state index in [1.54, 1.807) is 4.90 Å². The van der Waals surface area contributed by atoms with Crippen molar-refractivity contribution in [3.63, 3.8) is 0 Å². The number of nitrogens with zero attached hydrogens (tertiary/aromatic N) is 3. The van der Waals surface area contributed by atoms with Crippen LogP contribution in [0.3, 0.4) is 0 Å². The number of carbonyl (C=O) groups is 2. The van der Waals surface area contributed by atoms with E-state index < -0.39 is 0 Å². The number of hydrogen-bond donors (Lipinski definition) is 1. The van der Waals surface area contributed by atoms with E-state index in [0.29, 0.717) is 44.2 Å². The van der Waals surface area contributed by atoms with Crippen LogP contribution in [0.2, 0.25) is 0 Å². The molecule has 4 rings (SSSR count). The molecule has 0 bridgehead atoms. The first kappa shape index (κ1) is 15.9. The smallest absolute Gasteiger partial charge is 0.275 e. The van der Waals surface area contributed by atoms with Gasteiger partial charge in [0.05, 0.1) is 5.52 Å². The summed E-state index contributed by atoms with van der Waals surface area (Å²) in [5, 5.41) is 7.94. The zero-order valence-electron chi connectivity index (χ0n) is 14.1. The van der Waals surface area contributed by atoms with Crippen molar-refractivity contribution in [1.82, 2.24) is 20.0 Å². The molecule has 6 nitrogen and oxygen atoms in total. The molecule has 0 spiro atoms. The van der Waals surface area contributed by atoms with Crippen molar-refractivity contribution in [3.8, 4) is 0 Å². The zero-order valence-corrected chi connectivity index (χ0v) is 14.1. The number of aromatic nitrogens is 2. The second kappa shape index (κ2) is 6.70. The van der Waals surface area contributed by atoms with Gasteiger partial charge in [-0.1, -0.05) is 30.4 Å². The van der Waals surface area contributed by atoms with Crippen molar-refractivity contribution in [2.24, 2.45) is 5.92 Å². The topological polar surface area (TPSA) is 69.3 Å². The average Bonchev–Trinajstić information content (AvgIpc) is 3.31. The molecule has 2 aromatic rings. The second-order valence-electron chi connectivity index (χ2n) is 6.76. The number of H-pyrrole nitrogens is 1. The Balaban J connectivity index is 1.37. The molecule has 25 heavy (non-hydrogen) atoms. The normalized spacial score (nSPS) is 20.4. The van der Waals surface area contributed by atoms with Crippen LogP contribution in [0.25, 0.3) is 10.9 Å². The summed E-state index contributed by atoms with van der Waals surface area (Å²) in [5.74, 6) is 0.528. The van der Waals surface area contributed by atoms with Gasteiger partial charge in [-0.2, -0.15) is 5.10 Å². The van der Waals surface area contributed by atoms with Gasteiger partial charge >= 0.3 is 0 Å². The number of fused-ring (bicyclic) bond motifs is 1. The molecule has 1 atom stereocenters. The van der Waals surface area contributed by atoms with Crippen LogP contribution < -0.4 is 0 Å². The summed E-state index contributed by atoms with van der Waals surface area (Å²) in [5.41, 5.74) is 1.33. The minimum absolute atomic E-state index is 0.0664. The van der Waals surface area contributed by atoms with Gasteiger partial charge in [0.1, 0.15) is 0 Å². The Bertz CT molecular complexity index is 818. The first-order chi connectivity index (χ1) is 12.2. The summed E-state index contributed by atoms with van der Waals surface area (Å²) in [6.45, 7) is 2.32. The first-order valence-corrected chi connectivity index (χ1v) is 8.89. The second-order valence-corrected chi connectivity index (χ2v) is 6.76. The predicted molar refractivity (Wildman–Crippen MR) is 95.1 cm³/mol. The molecule has 1 aliphatic heterocycles. The molecule has 2 heterocycles. The van der Waals surface area contributed by atoms with E-state index in [9.17, 15) is 9.59 Å². The SMILES string of the molecule is O=C(C[C@@H]1C=CCC1)N1CCN(C(=O)c2n[nH]c3ccccc23)CC1. The fourth-order valence-electron chi connectivity index (χ4n) is 3.65. The number of carbonyl (C=O) groups excluding carboxylic acids is 2. The number of allylic oxidation sites excluding steroid dienone is 2. The fraction of sp³-hybridized carbons (Fsp3) is 0.421. The lowest BCUT2D eigenvalue weighted by molar-refractivity contribution is -0.133. The maximum absolute atomic E-state index is 12.8. The van der Waals surface area contributed by atoms with Crippen molar-refractivity contribution < 1.29 is 9.59 Å². The number of nitrogens with one attached hydrogen (secondary N) is 1. The van der Waals surface area contributed by atoms with Crippen molar-refractivity contribution >= 4 is 22.7 Å².